The molecule has 0 saturated heterocycles. The van der Waals surface area contributed by atoms with E-state index in [0.29, 0.717) is 0 Å². The number of hydrogen-bond acceptors (Lipinski definition) is 4. The lowest BCUT2D eigenvalue weighted by molar-refractivity contribution is 0.253. The fourth-order valence-corrected chi connectivity index (χ4v) is 7.58. The van der Waals surface area contributed by atoms with Gasteiger partial charge in [0.2, 0.25) is 11.9 Å². The van der Waals surface area contributed by atoms with Gasteiger partial charge in [0.15, 0.2) is 0 Å². The van der Waals surface area contributed by atoms with Gasteiger partial charge in [-0.15, -0.1) is 0 Å². The number of imidazole rings is 2. The van der Waals surface area contributed by atoms with Crippen molar-refractivity contribution >= 4 is 45.3 Å². The zero-order valence-electron chi connectivity index (χ0n) is 26.9. The van der Waals surface area contributed by atoms with Gasteiger partial charge in [0, 0.05) is 16.9 Å². The van der Waals surface area contributed by atoms with Crippen molar-refractivity contribution in [2.45, 2.75) is 77.5 Å². The fraction of sp³-hybridized carbons (Fsp3) is 0.316. The van der Waals surface area contributed by atoms with Gasteiger partial charge in [-0.25, -0.2) is 9.97 Å². The average Bonchev–Trinajstić information content (AvgIpc) is 3.64. The van der Waals surface area contributed by atoms with E-state index in [1.807, 2.05) is 0 Å². The van der Waals surface area contributed by atoms with E-state index >= 15 is 0 Å². The van der Waals surface area contributed by atoms with Gasteiger partial charge < -0.3 is 18.9 Å². The van der Waals surface area contributed by atoms with E-state index in [1.165, 1.54) is 0 Å². The van der Waals surface area contributed by atoms with Gasteiger partial charge in [0.1, 0.15) is 0 Å². The van der Waals surface area contributed by atoms with E-state index in [-0.39, 0.29) is 22.2 Å². The molecular formula is C38H40N6. The van der Waals surface area contributed by atoms with Crippen LogP contribution in [0.3, 0.4) is 0 Å². The van der Waals surface area contributed by atoms with Crippen molar-refractivity contribution in [3.8, 4) is 11.1 Å². The van der Waals surface area contributed by atoms with Crippen molar-refractivity contribution in [1.29, 1.82) is 0 Å². The van der Waals surface area contributed by atoms with E-state index in [2.05, 4.69) is 171 Å². The SMILES string of the molecule is CC1(C)N(c2ccccc2)c2nc3ccc(-c4cccc5c4nc4n5C(C)(C)C(C)(C)N4c4ccccc4)cc3n2C1(C)C. The summed E-state index contributed by atoms with van der Waals surface area (Å²) in [6.07, 6.45) is 0. The molecule has 0 unspecified atom stereocenters. The lowest BCUT2D eigenvalue weighted by atomic mass is 9.82. The minimum atomic E-state index is -0.209. The van der Waals surface area contributed by atoms with Gasteiger partial charge >= 0.3 is 0 Å². The molecule has 2 aromatic heterocycles. The summed E-state index contributed by atoms with van der Waals surface area (Å²) in [5.74, 6) is 1.97. The first-order chi connectivity index (χ1) is 20.9. The molecule has 0 N–H and O–H groups in total. The van der Waals surface area contributed by atoms with Crippen molar-refractivity contribution in [1.82, 2.24) is 19.1 Å². The van der Waals surface area contributed by atoms with Crippen molar-refractivity contribution in [3.05, 3.63) is 97.1 Å². The molecule has 2 aliphatic heterocycles. The number of fused-ring (bicyclic) bond motifs is 6. The first-order valence-electron chi connectivity index (χ1n) is 15.6. The lowest BCUT2D eigenvalue weighted by Crippen LogP contribution is -2.50. The molecule has 4 aromatic carbocycles. The summed E-state index contributed by atoms with van der Waals surface area (Å²) in [5, 5.41) is 0. The Morgan fingerprint density at radius 2 is 1.00 bits per heavy atom. The molecule has 6 heteroatoms. The molecule has 0 aliphatic carbocycles. The first kappa shape index (κ1) is 27.0. The first-order valence-corrected chi connectivity index (χ1v) is 15.6. The molecule has 222 valence electrons. The van der Waals surface area contributed by atoms with Gasteiger partial charge in [-0.1, -0.05) is 54.6 Å². The number of anilines is 4. The van der Waals surface area contributed by atoms with Crippen LogP contribution in [0.1, 0.15) is 55.4 Å². The number of para-hydroxylation sites is 3. The molecule has 0 saturated carbocycles. The Morgan fingerprint density at radius 3 is 1.57 bits per heavy atom. The highest BCUT2D eigenvalue weighted by atomic mass is 15.5. The van der Waals surface area contributed by atoms with Crippen molar-refractivity contribution in [2.24, 2.45) is 0 Å². The van der Waals surface area contributed by atoms with Crippen LogP contribution in [0.5, 0.6) is 0 Å². The molecule has 0 bridgehead atoms. The second kappa shape index (κ2) is 8.53. The molecule has 0 atom stereocenters. The standard InChI is InChI=1S/C38H40N6/c1-35(2)37(5,6)43-30-21-15-20-28(32(30)40-34(43)42(35)27-18-13-10-14-19-27)25-22-23-29-31(24-25)44-33(39-29)41(26-16-11-9-12-17-26)36(3,4)38(44,7)8/h9-24H,1-8H3. The van der Waals surface area contributed by atoms with Crippen molar-refractivity contribution in [3.63, 3.8) is 0 Å². The lowest BCUT2D eigenvalue weighted by Gasteiger charge is -2.41. The monoisotopic (exact) mass is 580 g/mol. The molecule has 0 amide bonds. The van der Waals surface area contributed by atoms with E-state index in [4.69, 9.17) is 9.97 Å². The molecule has 2 aliphatic rings. The van der Waals surface area contributed by atoms with Crippen LogP contribution in [0.2, 0.25) is 0 Å². The summed E-state index contributed by atoms with van der Waals surface area (Å²) in [6.45, 7) is 18.6. The smallest absolute Gasteiger partial charge is 0.212 e. The largest absolute Gasteiger partial charge is 0.304 e. The van der Waals surface area contributed by atoms with Crippen molar-refractivity contribution in [2.75, 3.05) is 9.80 Å². The van der Waals surface area contributed by atoms with Gasteiger partial charge in [0.05, 0.1) is 44.2 Å². The molecule has 6 nitrogen and oxygen atoms in total. The number of rotatable bonds is 3. The zero-order chi connectivity index (χ0) is 30.8. The van der Waals surface area contributed by atoms with Gasteiger partial charge in [0.25, 0.3) is 0 Å². The zero-order valence-corrected chi connectivity index (χ0v) is 26.9. The minimum Gasteiger partial charge on any atom is -0.304 e. The molecule has 44 heavy (non-hydrogen) atoms. The predicted octanol–water partition coefficient (Wildman–Crippen LogP) is 9.38. The normalized spacial score (nSPS) is 19.1. The van der Waals surface area contributed by atoms with Crippen LogP contribution < -0.4 is 9.80 Å². The maximum Gasteiger partial charge on any atom is 0.212 e. The number of benzene rings is 4. The summed E-state index contributed by atoms with van der Waals surface area (Å²) < 4.78 is 4.88. The number of hydrogen-bond donors (Lipinski definition) is 0. The Bertz CT molecular complexity index is 2080. The van der Waals surface area contributed by atoms with Crippen LogP contribution in [-0.4, -0.2) is 30.2 Å². The van der Waals surface area contributed by atoms with Gasteiger partial charge in [-0.3, -0.25) is 0 Å². The summed E-state index contributed by atoms with van der Waals surface area (Å²) >= 11 is 0. The summed E-state index contributed by atoms with van der Waals surface area (Å²) in [4.78, 5) is 15.4. The molecular weight excluding hydrogens is 540 g/mol. The van der Waals surface area contributed by atoms with Crippen LogP contribution in [0.15, 0.2) is 97.1 Å². The maximum atomic E-state index is 5.42. The third-order valence-electron chi connectivity index (χ3n) is 11.3. The Balaban J connectivity index is 1.33. The Labute approximate surface area is 259 Å². The summed E-state index contributed by atoms with van der Waals surface area (Å²) in [7, 11) is 0. The van der Waals surface area contributed by atoms with Crippen LogP contribution in [-0.2, 0) is 11.1 Å². The topological polar surface area (TPSA) is 42.1 Å². The Kier molecular flexibility index (Phi) is 5.23. The Hall–Kier alpha value is -4.58. The minimum absolute atomic E-state index is 0.180. The maximum absolute atomic E-state index is 5.42. The third kappa shape index (κ3) is 3.21. The predicted molar refractivity (Wildman–Crippen MR) is 182 cm³/mol. The van der Waals surface area contributed by atoms with E-state index in [9.17, 15) is 0 Å². The molecule has 8 rings (SSSR count). The van der Waals surface area contributed by atoms with E-state index in [0.717, 1.165) is 56.5 Å². The molecule has 0 radical (unpaired) electrons. The average molecular weight is 581 g/mol. The molecule has 0 spiro atoms. The fourth-order valence-electron chi connectivity index (χ4n) is 7.58. The van der Waals surface area contributed by atoms with Gasteiger partial charge in [-0.05, 0) is 103 Å². The van der Waals surface area contributed by atoms with Crippen LogP contribution >= 0.6 is 0 Å². The quantitative estimate of drug-likeness (QED) is 0.209. The third-order valence-corrected chi connectivity index (χ3v) is 11.3. The molecule has 0 fully saturated rings. The van der Waals surface area contributed by atoms with Crippen LogP contribution in [0, 0.1) is 0 Å². The highest BCUT2D eigenvalue weighted by Gasteiger charge is 2.54. The Morgan fingerprint density at radius 1 is 0.477 bits per heavy atom. The summed E-state index contributed by atoms with van der Waals surface area (Å²) in [5.41, 5.74) is 8.16. The van der Waals surface area contributed by atoms with Gasteiger partial charge in [-0.2, -0.15) is 0 Å². The van der Waals surface area contributed by atoms with Crippen molar-refractivity contribution < 1.29 is 0 Å². The van der Waals surface area contributed by atoms with E-state index < -0.39 is 0 Å². The van der Waals surface area contributed by atoms with Crippen LogP contribution in [0.4, 0.5) is 23.3 Å². The summed E-state index contributed by atoms with van der Waals surface area (Å²) in [6, 6.07) is 34.6. The number of aromatic nitrogens is 4. The highest BCUT2D eigenvalue weighted by molar-refractivity contribution is 5.97. The highest BCUT2D eigenvalue weighted by Crippen LogP contribution is 2.54. The van der Waals surface area contributed by atoms with E-state index in [1.54, 1.807) is 0 Å². The second-order valence-corrected chi connectivity index (χ2v) is 14.4. The molecule has 6 aromatic rings. The second-order valence-electron chi connectivity index (χ2n) is 14.4. The molecule has 4 heterocycles. The van der Waals surface area contributed by atoms with Crippen LogP contribution in [0.25, 0.3) is 33.2 Å². The number of nitrogens with zero attached hydrogens (tertiary/aromatic N) is 6.